The van der Waals surface area contributed by atoms with E-state index >= 15 is 0 Å². The number of carbonyl (C=O) groups excluding carboxylic acids is 3. The van der Waals surface area contributed by atoms with Crippen molar-refractivity contribution >= 4 is 23.4 Å². The minimum Gasteiger partial charge on any atom is -0.383 e. The maximum absolute atomic E-state index is 13.9. The molecule has 1 aromatic carbocycles. The molecule has 3 aliphatic heterocycles. The van der Waals surface area contributed by atoms with E-state index < -0.39 is 29.6 Å². The third kappa shape index (κ3) is 4.45. The molecule has 8 heteroatoms. The van der Waals surface area contributed by atoms with Gasteiger partial charge in [-0.2, -0.15) is 0 Å². The van der Waals surface area contributed by atoms with Crippen LogP contribution in [0.3, 0.4) is 0 Å². The van der Waals surface area contributed by atoms with Crippen molar-refractivity contribution in [1.29, 1.82) is 0 Å². The first-order chi connectivity index (χ1) is 18.2. The van der Waals surface area contributed by atoms with Crippen molar-refractivity contribution < 1.29 is 23.9 Å². The van der Waals surface area contributed by atoms with Crippen molar-refractivity contribution in [3.8, 4) is 0 Å². The molecule has 2 N–H and O–H groups in total. The Balaban J connectivity index is 1.40. The first kappa shape index (κ1) is 26.9. The number of hydrogen-bond donors (Lipinski definition) is 2. The lowest BCUT2D eigenvalue weighted by Crippen LogP contribution is -2.58. The first-order valence-electron chi connectivity index (χ1n) is 14.1. The van der Waals surface area contributed by atoms with Crippen LogP contribution in [0.15, 0.2) is 36.4 Å². The van der Waals surface area contributed by atoms with Gasteiger partial charge in [-0.1, -0.05) is 64.8 Å². The number of ether oxygens (including phenoxy) is 2. The highest BCUT2D eigenvalue weighted by Crippen LogP contribution is 2.55. The quantitative estimate of drug-likeness (QED) is 0.509. The van der Waals surface area contributed by atoms with Crippen LogP contribution < -0.4 is 10.6 Å². The van der Waals surface area contributed by atoms with Crippen LogP contribution >= 0.6 is 0 Å². The molecule has 3 amide bonds. The molecular weight excluding hydrogens is 482 g/mol. The molecule has 1 saturated carbocycles. The molecule has 8 unspecified atom stereocenters. The summed E-state index contributed by atoms with van der Waals surface area (Å²) in [6.07, 6.45) is 6.30. The van der Waals surface area contributed by atoms with Crippen LogP contribution in [-0.4, -0.2) is 66.7 Å². The molecule has 206 valence electrons. The van der Waals surface area contributed by atoms with Crippen molar-refractivity contribution in [2.24, 2.45) is 23.7 Å². The number of anilines is 1. The molecule has 0 radical (unpaired) electrons. The number of methoxy groups -OCH3 is 1. The summed E-state index contributed by atoms with van der Waals surface area (Å²) in [6.45, 7) is 9.20. The molecule has 8 atom stereocenters. The average molecular weight is 524 g/mol. The summed E-state index contributed by atoms with van der Waals surface area (Å²) in [4.78, 5) is 42.9. The van der Waals surface area contributed by atoms with Gasteiger partial charge in [0.1, 0.15) is 11.6 Å². The third-order valence-electron chi connectivity index (χ3n) is 9.34. The molecule has 2 saturated heterocycles. The summed E-state index contributed by atoms with van der Waals surface area (Å²) in [5.41, 5.74) is 0.701. The van der Waals surface area contributed by atoms with E-state index in [4.69, 9.17) is 9.47 Å². The molecule has 3 fully saturated rings. The molecule has 38 heavy (non-hydrogen) atoms. The van der Waals surface area contributed by atoms with Gasteiger partial charge in [-0.25, -0.2) is 0 Å². The number of carbonyl (C=O) groups is 3. The van der Waals surface area contributed by atoms with Crippen molar-refractivity contribution in [2.75, 3.05) is 25.6 Å². The largest absolute Gasteiger partial charge is 0.383 e. The van der Waals surface area contributed by atoms with Crippen LogP contribution in [0, 0.1) is 23.7 Å². The van der Waals surface area contributed by atoms with Gasteiger partial charge in [0, 0.05) is 25.4 Å². The minimum atomic E-state index is -1.16. The molecule has 2 bridgehead atoms. The summed E-state index contributed by atoms with van der Waals surface area (Å²) in [5.74, 6) is -0.914. The maximum atomic E-state index is 13.9. The summed E-state index contributed by atoms with van der Waals surface area (Å²) in [5, 5.41) is 6.26. The van der Waals surface area contributed by atoms with E-state index in [0.29, 0.717) is 30.0 Å². The van der Waals surface area contributed by atoms with Crippen molar-refractivity contribution in [3.05, 3.63) is 42.0 Å². The Kier molecular flexibility index (Phi) is 7.40. The summed E-state index contributed by atoms with van der Waals surface area (Å²) >= 11 is 0. The highest BCUT2D eigenvalue weighted by molar-refractivity contribution is 6.02. The van der Waals surface area contributed by atoms with Crippen molar-refractivity contribution in [1.82, 2.24) is 10.2 Å². The second-order valence-electron chi connectivity index (χ2n) is 11.9. The van der Waals surface area contributed by atoms with Gasteiger partial charge >= 0.3 is 0 Å². The van der Waals surface area contributed by atoms with Gasteiger partial charge in [0.2, 0.25) is 17.7 Å². The minimum absolute atomic E-state index is 0.0524. The fourth-order valence-electron chi connectivity index (χ4n) is 6.92. The maximum Gasteiger partial charge on any atom is 0.246 e. The van der Waals surface area contributed by atoms with E-state index in [2.05, 4.69) is 38.3 Å². The number of rotatable bonds is 8. The van der Waals surface area contributed by atoms with E-state index in [1.165, 1.54) is 5.56 Å². The Hall–Kier alpha value is -2.71. The molecule has 1 aliphatic carbocycles. The van der Waals surface area contributed by atoms with Gasteiger partial charge in [-0.3, -0.25) is 14.4 Å². The van der Waals surface area contributed by atoms with E-state index in [-0.39, 0.29) is 30.3 Å². The fourth-order valence-corrected chi connectivity index (χ4v) is 6.92. The highest BCUT2D eigenvalue weighted by Gasteiger charge is 2.72. The number of nitrogens with one attached hydrogen (secondary N) is 2. The van der Waals surface area contributed by atoms with Gasteiger partial charge in [0.15, 0.2) is 0 Å². The zero-order valence-electron chi connectivity index (χ0n) is 23.1. The molecular formula is C30H41N3O5. The second-order valence-corrected chi connectivity index (χ2v) is 11.9. The Morgan fingerprint density at radius 1 is 1.16 bits per heavy atom. The van der Waals surface area contributed by atoms with Crippen LogP contribution in [0.4, 0.5) is 5.69 Å². The normalized spacial score (nSPS) is 35.6. The summed E-state index contributed by atoms with van der Waals surface area (Å²) < 4.78 is 11.7. The number of fused-ring (bicyclic) bond motifs is 1. The first-order valence-corrected chi connectivity index (χ1v) is 14.1. The van der Waals surface area contributed by atoms with Crippen LogP contribution in [0.25, 0.3) is 0 Å². The van der Waals surface area contributed by atoms with Crippen LogP contribution in [-0.2, 0) is 23.9 Å². The van der Waals surface area contributed by atoms with Gasteiger partial charge in [-0.15, -0.1) is 0 Å². The molecule has 4 aliphatic rings. The lowest BCUT2D eigenvalue weighted by atomic mass is 9.73. The predicted molar refractivity (Wildman–Crippen MR) is 144 cm³/mol. The Bertz CT molecular complexity index is 1100. The van der Waals surface area contributed by atoms with E-state index in [0.717, 1.165) is 19.3 Å². The topological polar surface area (TPSA) is 97.0 Å². The SMILES string of the molecule is COCCN1C(=O)C2C(C(=O)Nc3ccc(C(C)C)cc3)C3C=CC2(O3)C1C(=O)NC1CCCC(C)C1C. The van der Waals surface area contributed by atoms with E-state index in [9.17, 15) is 14.4 Å². The summed E-state index contributed by atoms with van der Waals surface area (Å²) in [6, 6.07) is 6.98. The number of benzene rings is 1. The Labute approximate surface area is 225 Å². The lowest BCUT2D eigenvalue weighted by Gasteiger charge is -2.38. The molecule has 1 spiro atoms. The Morgan fingerprint density at radius 3 is 2.58 bits per heavy atom. The standard InChI is InChI=1S/C30H41N3O5/c1-17(2)20-9-11-21(12-10-20)31-27(34)24-23-13-14-30(38-23)25(24)29(36)33(15-16-37-5)26(30)28(35)32-22-8-6-7-18(3)19(22)4/h9-14,17-19,22-26H,6-8,15-16H2,1-5H3,(H,31,34)(H,32,35). The molecule has 5 rings (SSSR count). The summed E-state index contributed by atoms with van der Waals surface area (Å²) in [7, 11) is 1.57. The van der Waals surface area contributed by atoms with Gasteiger partial charge in [0.05, 0.1) is 24.5 Å². The predicted octanol–water partition coefficient (Wildman–Crippen LogP) is 3.49. The van der Waals surface area contributed by atoms with Gasteiger partial charge < -0.3 is 25.0 Å². The Morgan fingerprint density at radius 2 is 1.89 bits per heavy atom. The second kappa shape index (κ2) is 10.5. The smallest absolute Gasteiger partial charge is 0.246 e. The molecule has 0 aromatic heterocycles. The van der Waals surface area contributed by atoms with Crippen LogP contribution in [0.5, 0.6) is 0 Å². The average Bonchev–Trinajstić information content (AvgIpc) is 3.53. The highest BCUT2D eigenvalue weighted by atomic mass is 16.5. The van der Waals surface area contributed by atoms with E-state index in [1.54, 1.807) is 12.0 Å². The fraction of sp³-hybridized carbons (Fsp3) is 0.633. The number of hydrogen-bond acceptors (Lipinski definition) is 5. The van der Waals surface area contributed by atoms with Gasteiger partial charge in [0.25, 0.3) is 0 Å². The van der Waals surface area contributed by atoms with Crippen LogP contribution in [0.2, 0.25) is 0 Å². The lowest BCUT2D eigenvalue weighted by molar-refractivity contribution is -0.142. The van der Waals surface area contributed by atoms with Gasteiger partial charge in [-0.05, 0) is 41.9 Å². The molecule has 3 heterocycles. The number of likely N-dealkylation sites (tertiary alicyclic amines) is 1. The zero-order chi connectivity index (χ0) is 27.2. The molecule has 8 nitrogen and oxygen atoms in total. The van der Waals surface area contributed by atoms with Crippen molar-refractivity contribution in [2.45, 2.75) is 76.7 Å². The van der Waals surface area contributed by atoms with Crippen LogP contribution in [0.1, 0.15) is 58.4 Å². The monoisotopic (exact) mass is 523 g/mol. The third-order valence-corrected chi connectivity index (χ3v) is 9.34. The van der Waals surface area contributed by atoms with E-state index in [1.807, 2.05) is 36.4 Å². The molecule has 1 aromatic rings. The number of nitrogens with zero attached hydrogens (tertiary/aromatic N) is 1. The zero-order valence-corrected chi connectivity index (χ0v) is 23.1. The number of amides is 3. The van der Waals surface area contributed by atoms with Crippen molar-refractivity contribution in [3.63, 3.8) is 0 Å².